The van der Waals surface area contributed by atoms with Crippen molar-refractivity contribution in [3.8, 4) is 0 Å². The molecule has 7 heteroatoms. The van der Waals surface area contributed by atoms with Crippen molar-refractivity contribution in [3.05, 3.63) is 12.7 Å². The number of nitrogens with zero attached hydrogens (tertiary/aromatic N) is 5. The lowest BCUT2D eigenvalue weighted by molar-refractivity contribution is 0.0131. The first-order valence-corrected chi connectivity index (χ1v) is 7.86. The molecule has 1 aliphatic rings. The fraction of sp³-hybridized carbons (Fsp3) is 0.667. The van der Waals surface area contributed by atoms with Gasteiger partial charge in [0.2, 0.25) is 0 Å². The van der Waals surface area contributed by atoms with E-state index in [0.717, 1.165) is 29.8 Å². The van der Waals surface area contributed by atoms with E-state index in [9.17, 15) is 0 Å². The van der Waals surface area contributed by atoms with Gasteiger partial charge in [-0.2, -0.15) is 0 Å². The second-order valence-corrected chi connectivity index (χ2v) is 5.44. The summed E-state index contributed by atoms with van der Waals surface area (Å²) < 4.78 is 7.89. The van der Waals surface area contributed by atoms with Gasteiger partial charge in [0, 0.05) is 0 Å². The van der Waals surface area contributed by atoms with Crippen molar-refractivity contribution in [2.24, 2.45) is 0 Å². The monoisotopic (exact) mass is 306 g/mol. The normalized spacial score (nSPS) is 21.0. The summed E-state index contributed by atoms with van der Waals surface area (Å²) in [5, 5.41) is 3.26. The number of rotatable bonds is 4. The van der Waals surface area contributed by atoms with Crippen LogP contribution in [0.2, 0.25) is 0 Å². The van der Waals surface area contributed by atoms with Crippen LogP contribution in [0.15, 0.2) is 12.7 Å². The lowest BCUT2D eigenvalue weighted by Crippen LogP contribution is -2.21. The zero-order chi connectivity index (χ0) is 16.1. The van der Waals surface area contributed by atoms with Gasteiger partial charge >= 0.3 is 0 Å². The molecule has 7 nitrogen and oxygen atoms in total. The van der Waals surface area contributed by atoms with Crippen LogP contribution < -0.4 is 5.32 Å². The molecule has 3 rings (SSSR count). The predicted octanol–water partition coefficient (Wildman–Crippen LogP) is 2.48. The van der Waals surface area contributed by atoms with Crippen LogP contribution >= 0.6 is 0 Å². The minimum absolute atomic E-state index is 0.0339. The maximum Gasteiger partial charge on any atom is 0.167 e. The topological polar surface area (TPSA) is 68.1 Å². The summed E-state index contributed by atoms with van der Waals surface area (Å²) >= 11 is 0. The van der Waals surface area contributed by atoms with Crippen molar-refractivity contribution in [2.45, 2.75) is 45.9 Å². The third-order valence-corrected chi connectivity index (χ3v) is 3.44. The average Bonchev–Trinajstić information content (AvgIpc) is 3.13. The van der Waals surface area contributed by atoms with Gasteiger partial charge in [0.15, 0.2) is 17.0 Å². The van der Waals surface area contributed by atoms with Gasteiger partial charge in [-0.15, -0.1) is 0 Å². The lowest BCUT2D eigenvalue weighted by atomic mass is 10.2. The van der Waals surface area contributed by atoms with Gasteiger partial charge in [0.05, 0.1) is 19.1 Å². The van der Waals surface area contributed by atoms with Crippen LogP contribution in [0, 0.1) is 0 Å². The van der Waals surface area contributed by atoms with Crippen LogP contribution in [0.25, 0.3) is 11.2 Å². The number of aromatic nitrogens is 4. The van der Waals surface area contributed by atoms with Gasteiger partial charge in [-0.3, -0.25) is 9.47 Å². The highest BCUT2D eigenvalue weighted by atomic mass is 16.5. The molecule has 0 bridgehead atoms. The highest BCUT2D eigenvalue weighted by Crippen LogP contribution is 2.30. The number of imidazole rings is 1. The highest BCUT2D eigenvalue weighted by molar-refractivity contribution is 5.82. The molecule has 1 aliphatic heterocycles. The van der Waals surface area contributed by atoms with E-state index in [4.69, 9.17) is 4.74 Å². The van der Waals surface area contributed by atoms with E-state index in [1.165, 1.54) is 0 Å². The number of ether oxygens (including phenoxy) is 1. The second kappa shape index (κ2) is 7.51. The molecule has 0 spiro atoms. The summed E-state index contributed by atoms with van der Waals surface area (Å²) in [6.07, 6.45) is 5.76. The Labute approximate surface area is 131 Å². The Morgan fingerprint density at radius 3 is 2.68 bits per heavy atom. The average molecular weight is 306 g/mol. The molecule has 0 aliphatic carbocycles. The molecule has 2 atom stereocenters. The largest absolute Gasteiger partial charge is 0.355 e. The van der Waals surface area contributed by atoms with Gasteiger partial charge in [-0.1, -0.05) is 13.8 Å². The van der Waals surface area contributed by atoms with Crippen molar-refractivity contribution in [1.29, 1.82) is 0 Å². The minimum Gasteiger partial charge on any atom is -0.355 e. The summed E-state index contributed by atoms with van der Waals surface area (Å²) in [5.41, 5.74) is 1.61. The molecule has 0 saturated carbocycles. The Morgan fingerprint density at radius 1 is 1.27 bits per heavy atom. The Morgan fingerprint density at radius 2 is 2.05 bits per heavy atom. The lowest BCUT2D eigenvalue weighted by Gasteiger charge is -2.14. The van der Waals surface area contributed by atoms with Crippen LogP contribution in [0.1, 0.15) is 39.8 Å². The zero-order valence-electron chi connectivity index (χ0n) is 14.1. The molecule has 2 aromatic heterocycles. The standard InChI is InChI=1S/C13H20N6O.C2H6/c1-9-4-5-10(20-9)19-8-16-11-12(17-7-18(2)3)14-6-15-13(11)19;1-2/h6,8-10H,4-5,7H2,1-3H3,(H,14,15,17);1-2H3. The molecule has 122 valence electrons. The molecule has 0 radical (unpaired) electrons. The van der Waals surface area contributed by atoms with Gasteiger partial charge in [-0.05, 0) is 33.9 Å². The van der Waals surface area contributed by atoms with Crippen molar-refractivity contribution in [2.75, 3.05) is 26.1 Å². The number of anilines is 1. The third kappa shape index (κ3) is 3.53. The van der Waals surface area contributed by atoms with E-state index >= 15 is 0 Å². The predicted molar refractivity (Wildman–Crippen MR) is 87.7 cm³/mol. The molecule has 1 N–H and O–H groups in total. The van der Waals surface area contributed by atoms with E-state index in [1.807, 2.05) is 37.4 Å². The number of hydrogen-bond acceptors (Lipinski definition) is 6. The molecule has 1 saturated heterocycles. The molecular weight excluding hydrogens is 280 g/mol. The molecule has 1 fully saturated rings. The third-order valence-electron chi connectivity index (χ3n) is 3.44. The van der Waals surface area contributed by atoms with Gasteiger partial charge in [0.25, 0.3) is 0 Å². The van der Waals surface area contributed by atoms with Crippen molar-refractivity contribution < 1.29 is 4.74 Å². The van der Waals surface area contributed by atoms with Crippen LogP contribution in [0.4, 0.5) is 5.82 Å². The number of nitrogens with one attached hydrogen (secondary N) is 1. The first-order valence-electron chi connectivity index (χ1n) is 7.86. The first-order chi connectivity index (χ1) is 10.6. The molecule has 22 heavy (non-hydrogen) atoms. The van der Waals surface area contributed by atoms with E-state index in [0.29, 0.717) is 12.8 Å². The molecule has 2 unspecified atom stereocenters. The minimum atomic E-state index is 0.0339. The maximum absolute atomic E-state index is 5.89. The first kappa shape index (κ1) is 16.6. The zero-order valence-corrected chi connectivity index (χ0v) is 14.1. The van der Waals surface area contributed by atoms with Gasteiger partial charge < -0.3 is 10.1 Å². The fourth-order valence-corrected chi connectivity index (χ4v) is 2.41. The summed E-state index contributed by atoms with van der Waals surface area (Å²) in [6.45, 7) is 6.80. The Balaban J connectivity index is 0.000000847. The van der Waals surface area contributed by atoms with Crippen LogP contribution in [0.5, 0.6) is 0 Å². The van der Waals surface area contributed by atoms with Crippen molar-refractivity contribution in [1.82, 2.24) is 24.4 Å². The number of fused-ring (bicyclic) bond motifs is 1. The summed E-state index contributed by atoms with van der Waals surface area (Å²) in [5.74, 6) is 0.758. The fourth-order valence-electron chi connectivity index (χ4n) is 2.41. The van der Waals surface area contributed by atoms with Gasteiger partial charge in [-0.25, -0.2) is 15.0 Å². The quantitative estimate of drug-likeness (QED) is 0.875. The summed E-state index contributed by atoms with van der Waals surface area (Å²) in [6, 6.07) is 0. The summed E-state index contributed by atoms with van der Waals surface area (Å²) in [7, 11) is 4.00. The highest BCUT2D eigenvalue weighted by Gasteiger charge is 2.25. The van der Waals surface area contributed by atoms with E-state index in [1.54, 1.807) is 12.7 Å². The van der Waals surface area contributed by atoms with Gasteiger partial charge in [0.1, 0.15) is 12.6 Å². The van der Waals surface area contributed by atoms with E-state index < -0.39 is 0 Å². The summed E-state index contributed by atoms with van der Waals surface area (Å²) in [4.78, 5) is 15.1. The Hall–Kier alpha value is -1.73. The molecule has 0 aromatic carbocycles. The molecule has 2 aromatic rings. The second-order valence-electron chi connectivity index (χ2n) is 5.44. The van der Waals surface area contributed by atoms with Crippen molar-refractivity contribution in [3.63, 3.8) is 0 Å². The number of hydrogen-bond donors (Lipinski definition) is 1. The van der Waals surface area contributed by atoms with E-state index in [-0.39, 0.29) is 6.23 Å². The van der Waals surface area contributed by atoms with Crippen molar-refractivity contribution >= 4 is 17.0 Å². The smallest absolute Gasteiger partial charge is 0.167 e. The van der Waals surface area contributed by atoms with Crippen LogP contribution in [-0.2, 0) is 4.74 Å². The van der Waals surface area contributed by atoms with E-state index in [2.05, 4.69) is 27.2 Å². The Kier molecular flexibility index (Phi) is 5.68. The van der Waals surface area contributed by atoms with Crippen LogP contribution in [0.3, 0.4) is 0 Å². The van der Waals surface area contributed by atoms with Crippen LogP contribution in [-0.4, -0.2) is 51.3 Å². The molecule has 3 heterocycles. The Bertz CT molecular complexity index is 597. The SMILES string of the molecule is CC.CC1CCC(n2cnc3c(NCN(C)C)ncnc32)O1. The maximum atomic E-state index is 5.89. The molecular formula is C15H26N6O. The molecule has 0 amide bonds.